The number of nitrogens with one attached hydrogen (secondary N) is 2. The largest absolute Gasteiger partial charge is 0.496 e. The maximum atomic E-state index is 12.8. The fourth-order valence-electron chi connectivity index (χ4n) is 3.88. The van der Waals surface area contributed by atoms with Crippen molar-refractivity contribution >= 4 is 28.4 Å². The Morgan fingerprint density at radius 3 is 2.53 bits per heavy atom. The average Bonchev–Trinajstić information content (AvgIpc) is 3.09. The number of carbonyl (C=O) groups is 2. The van der Waals surface area contributed by atoms with Gasteiger partial charge in [-0.15, -0.1) is 0 Å². The van der Waals surface area contributed by atoms with Crippen LogP contribution in [0.4, 0.5) is 0 Å². The number of allylic oxidation sites excluding steroid dienone is 1. The van der Waals surface area contributed by atoms with Gasteiger partial charge in [-0.3, -0.25) is 9.59 Å². The lowest BCUT2D eigenvalue weighted by Gasteiger charge is -2.12. The second kappa shape index (κ2) is 11.1. The minimum absolute atomic E-state index is 0.0526. The molecule has 3 rings (SSSR count). The maximum Gasteiger partial charge on any atom is 0.265 e. The highest BCUT2D eigenvalue weighted by Crippen LogP contribution is 2.27. The van der Waals surface area contributed by atoms with E-state index in [0.717, 1.165) is 22.4 Å². The number of ether oxygens (including phenoxy) is 1. The molecule has 3 aromatic rings. The first-order valence-electron chi connectivity index (χ1n) is 11.1. The number of methoxy groups -OCH3 is 1. The van der Waals surface area contributed by atoms with E-state index in [1.165, 1.54) is 19.2 Å². The van der Waals surface area contributed by atoms with Crippen LogP contribution in [-0.2, 0) is 28.3 Å². The van der Waals surface area contributed by atoms with Crippen LogP contribution in [0.3, 0.4) is 0 Å². The van der Waals surface area contributed by atoms with E-state index in [1.807, 2.05) is 30.8 Å². The molecule has 36 heavy (non-hydrogen) atoms. The van der Waals surface area contributed by atoms with Gasteiger partial charge < -0.3 is 14.6 Å². The van der Waals surface area contributed by atoms with Crippen molar-refractivity contribution in [1.29, 1.82) is 0 Å². The fraction of sp³-hybridized carbons (Fsp3) is 0.185. The molecule has 2 N–H and O–H groups in total. The standard InChI is InChI=1S/C27H29N3O5S/c1-18-8-6-7-9-26(18)36(33,34)29-27(32)22-12-11-21(25(15-22)35-5)14-23-16-30(4)24(20(23)3)13-10-19(2)28-17-31/h6-13,15-17H,2,14H2,1,3-5H3,(H,28,31)(H,29,32)/b13-10-. The van der Waals surface area contributed by atoms with Gasteiger partial charge in [-0.1, -0.05) is 30.8 Å². The van der Waals surface area contributed by atoms with Crippen molar-refractivity contribution < 1.29 is 22.7 Å². The molecule has 0 atom stereocenters. The first kappa shape index (κ1) is 26.5. The number of sulfonamides is 1. The molecule has 0 spiro atoms. The Hall–Kier alpha value is -4.11. The normalized spacial score (nSPS) is 11.3. The van der Waals surface area contributed by atoms with Crippen LogP contribution in [0, 0.1) is 13.8 Å². The van der Waals surface area contributed by atoms with Crippen molar-refractivity contribution in [2.75, 3.05) is 7.11 Å². The Balaban J connectivity index is 1.83. The number of carbonyl (C=O) groups excluding carboxylic acids is 2. The highest BCUT2D eigenvalue weighted by atomic mass is 32.2. The van der Waals surface area contributed by atoms with Crippen LogP contribution in [-0.4, -0.2) is 32.4 Å². The van der Waals surface area contributed by atoms with Crippen molar-refractivity contribution in [3.8, 4) is 5.75 Å². The molecule has 0 aliphatic heterocycles. The summed E-state index contributed by atoms with van der Waals surface area (Å²) in [5, 5.41) is 2.50. The van der Waals surface area contributed by atoms with Crippen LogP contribution in [0.25, 0.3) is 6.08 Å². The lowest BCUT2D eigenvalue weighted by atomic mass is 10.0. The van der Waals surface area contributed by atoms with E-state index in [0.29, 0.717) is 29.8 Å². The summed E-state index contributed by atoms with van der Waals surface area (Å²) in [6.07, 6.45) is 6.70. The van der Waals surface area contributed by atoms with Crippen molar-refractivity contribution in [2.45, 2.75) is 25.2 Å². The number of benzene rings is 2. The summed E-state index contributed by atoms with van der Waals surface area (Å²) in [7, 11) is -0.595. The fourth-order valence-corrected chi connectivity index (χ4v) is 5.11. The Labute approximate surface area is 211 Å². The van der Waals surface area contributed by atoms with Crippen LogP contribution >= 0.6 is 0 Å². The predicted molar refractivity (Wildman–Crippen MR) is 139 cm³/mol. The second-order valence-electron chi connectivity index (χ2n) is 8.30. The molecular weight excluding hydrogens is 478 g/mol. The van der Waals surface area contributed by atoms with Gasteiger partial charge in [0.25, 0.3) is 15.9 Å². The molecule has 0 fully saturated rings. The van der Waals surface area contributed by atoms with E-state index in [9.17, 15) is 18.0 Å². The average molecular weight is 508 g/mol. The van der Waals surface area contributed by atoms with Gasteiger partial charge in [0.1, 0.15) is 5.75 Å². The number of hydrogen-bond acceptors (Lipinski definition) is 5. The summed E-state index contributed by atoms with van der Waals surface area (Å²) >= 11 is 0. The molecule has 0 bridgehead atoms. The van der Waals surface area contributed by atoms with E-state index < -0.39 is 15.9 Å². The highest BCUT2D eigenvalue weighted by Gasteiger charge is 2.21. The molecule has 188 valence electrons. The molecule has 1 aromatic heterocycles. The van der Waals surface area contributed by atoms with Gasteiger partial charge in [-0.2, -0.15) is 0 Å². The molecule has 2 amide bonds. The molecule has 2 aromatic carbocycles. The smallest absolute Gasteiger partial charge is 0.265 e. The first-order valence-corrected chi connectivity index (χ1v) is 12.6. The van der Waals surface area contributed by atoms with Crippen molar-refractivity contribution in [3.05, 3.63) is 101 Å². The Morgan fingerprint density at radius 1 is 1.14 bits per heavy atom. The van der Waals surface area contributed by atoms with Crippen molar-refractivity contribution in [2.24, 2.45) is 7.05 Å². The highest BCUT2D eigenvalue weighted by molar-refractivity contribution is 7.90. The number of nitrogens with zero attached hydrogens (tertiary/aromatic N) is 1. The predicted octanol–water partition coefficient (Wildman–Crippen LogP) is 3.63. The van der Waals surface area contributed by atoms with Crippen LogP contribution in [0.15, 0.2) is 71.9 Å². The Morgan fingerprint density at radius 2 is 1.86 bits per heavy atom. The summed E-state index contributed by atoms with van der Waals surface area (Å²) in [5.74, 6) is -0.268. The third-order valence-electron chi connectivity index (χ3n) is 5.82. The van der Waals surface area contributed by atoms with Gasteiger partial charge in [-0.25, -0.2) is 13.1 Å². The minimum atomic E-state index is -4.02. The van der Waals surface area contributed by atoms with Crippen molar-refractivity contribution in [1.82, 2.24) is 14.6 Å². The minimum Gasteiger partial charge on any atom is -0.496 e. The van der Waals surface area contributed by atoms with E-state index >= 15 is 0 Å². The quantitative estimate of drug-likeness (QED) is 0.322. The summed E-state index contributed by atoms with van der Waals surface area (Å²) in [5.41, 5.74) is 5.07. The van der Waals surface area contributed by atoms with E-state index in [-0.39, 0.29) is 10.5 Å². The van der Waals surface area contributed by atoms with Crippen molar-refractivity contribution in [3.63, 3.8) is 0 Å². The van der Waals surface area contributed by atoms with Crippen LogP contribution in [0.5, 0.6) is 5.75 Å². The molecule has 0 radical (unpaired) electrons. The van der Waals surface area contributed by atoms with Gasteiger partial charge in [0.2, 0.25) is 6.41 Å². The number of aromatic nitrogens is 1. The molecule has 0 aliphatic carbocycles. The summed E-state index contributed by atoms with van der Waals surface area (Å²) in [4.78, 5) is 23.4. The number of amides is 2. The van der Waals surface area contributed by atoms with Crippen LogP contribution in [0.1, 0.15) is 38.3 Å². The molecule has 8 nitrogen and oxygen atoms in total. The van der Waals surface area contributed by atoms with E-state index in [2.05, 4.69) is 16.6 Å². The first-order chi connectivity index (χ1) is 17.1. The topological polar surface area (TPSA) is 106 Å². The summed E-state index contributed by atoms with van der Waals surface area (Å²) in [6, 6.07) is 11.3. The Kier molecular flexibility index (Phi) is 8.16. The summed E-state index contributed by atoms with van der Waals surface area (Å²) < 4.78 is 35.0. The maximum absolute atomic E-state index is 12.8. The van der Waals surface area contributed by atoms with Gasteiger partial charge in [-0.05, 0) is 66.5 Å². The zero-order valence-corrected chi connectivity index (χ0v) is 21.5. The zero-order chi connectivity index (χ0) is 26.5. The molecule has 0 saturated carbocycles. The molecule has 0 aliphatic rings. The monoisotopic (exact) mass is 507 g/mol. The van der Waals surface area contributed by atoms with E-state index in [4.69, 9.17) is 4.74 Å². The SMILES string of the molecule is C=C(/C=C\c1c(C)c(Cc2ccc(C(=O)NS(=O)(=O)c3ccccc3C)cc2OC)cn1C)NC=O. The van der Waals surface area contributed by atoms with Gasteiger partial charge >= 0.3 is 0 Å². The van der Waals surface area contributed by atoms with Gasteiger partial charge in [0.15, 0.2) is 0 Å². The second-order valence-corrected chi connectivity index (χ2v) is 9.95. The third kappa shape index (κ3) is 5.92. The molecule has 9 heteroatoms. The molecule has 0 saturated heterocycles. The lowest BCUT2D eigenvalue weighted by molar-refractivity contribution is -0.108. The number of rotatable bonds is 10. The van der Waals surface area contributed by atoms with Gasteiger partial charge in [0.05, 0.1) is 12.0 Å². The third-order valence-corrected chi connectivity index (χ3v) is 7.31. The zero-order valence-electron chi connectivity index (χ0n) is 20.7. The molecular formula is C27H29N3O5S. The number of hydrogen-bond donors (Lipinski definition) is 2. The van der Waals surface area contributed by atoms with E-state index in [1.54, 1.807) is 43.3 Å². The van der Waals surface area contributed by atoms with Crippen LogP contribution < -0.4 is 14.8 Å². The molecule has 0 unspecified atom stereocenters. The summed E-state index contributed by atoms with van der Waals surface area (Å²) in [6.45, 7) is 7.42. The molecule has 1 heterocycles. The lowest BCUT2D eigenvalue weighted by Crippen LogP contribution is -2.31. The number of aryl methyl sites for hydroxylation is 2. The van der Waals surface area contributed by atoms with Crippen LogP contribution in [0.2, 0.25) is 0 Å². The Bertz CT molecular complexity index is 1450. The van der Waals surface area contributed by atoms with Gasteiger partial charge in [0, 0.05) is 36.6 Å².